The van der Waals surface area contributed by atoms with Crippen molar-refractivity contribution < 1.29 is 37.3 Å². The number of quaternary nitrogens is 1. The average molecular weight is 2090 g/mol. The van der Waals surface area contributed by atoms with Crippen molar-refractivity contribution in [2.24, 2.45) is 0 Å². The van der Waals surface area contributed by atoms with Crippen LogP contribution in [0, 0.1) is 97.9 Å². The minimum atomic E-state index is 0. The molecule has 0 aliphatic rings. The lowest BCUT2D eigenvalue weighted by molar-refractivity contribution is -0.929. The Bertz CT molecular complexity index is 5190. The number of aromatic hydroxyl groups is 4. The van der Waals surface area contributed by atoms with E-state index in [0.717, 1.165) is 126 Å². The lowest BCUT2D eigenvalue weighted by Crippen LogP contribution is -3.00. The molecule has 0 spiro atoms. The van der Waals surface area contributed by atoms with Crippen molar-refractivity contribution >= 4 is 157 Å². The van der Waals surface area contributed by atoms with Crippen molar-refractivity contribution in [3.05, 3.63) is 179 Å². The predicted octanol–water partition coefficient (Wildman–Crippen LogP) is 22.1. The molecule has 0 aliphatic carbocycles. The molecule has 0 bridgehead atoms. The molecule has 14 rings (SSSR count). The van der Waals surface area contributed by atoms with Gasteiger partial charge in [0.2, 0.25) is 0 Å². The summed E-state index contributed by atoms with van der Waals surface area (Å²) in [4.78, 5) is 0. The number of unbranched alkanes of at least 4 members (excludes halogenated alkanes) is 4. The van der Waals surface area contributed by atoms with Gasteiger partial charge in [0.15, 0.2) is 0 Å². The van der Waals surface area contributed by atoms with Gasteiger partial charge in [-0.2, -0.15) is 0 Å². The monoisotopic (exact) mass is 2090 g/mol. The highest BCUT2D eigenvalue weighted by molar-refractivity contribution is 14.1. The summed E-state index contributed by atoms with van der Waals surface area (Å²) in [6.07, 6.45) is 11.1. The Balaban J connectivity index is 0.000000200. The number of hydrogen-bond donors (Lipinski definition) is 4. The van der Waals surface area contributed by atoms with Crippen LogP contribution < -0.4 is 12.4 Å². The van der Waals surface area contributed by atoms with E-state index in [0.29, 0.717) is 45.0 Å². The third kappa shape index (κ3) is 18.8. The van der Waals surface area contributed by atoms with Crippen molar-refractivity contribution in [3.8, 4) is 90.8 Å². The Morgan fingerprint density at radius 1 is 0.325 bits per heavy atom. The average Bonchev–Trinajstić information content (AvgIpc) is 1.58. The van der Waals surface area contributed by atoms with Crippen LogP contribution in [0.15, 0.2) is 97.1 Å². The summed E-state index contributed by atoms with van der Waals surface area (Å²) >= 11 is 18.6. The van der Waals surface area contributed by atoms with Gasteiger partial charge in [-0.05, 0) is 296 Å². The summed E-state index contributed by atoms with van der Waals surface area (Å²) in [5.74, 6) is 0.446. The van der Waals surface area contributed by atoms with Gasteiger partial charge in [-0.3, -0.25) is 0 Å². The van der Waals surface area contributed by atoms with Gasteiger partial charge >= 0.3 is 0 Å². The second-order valence-electron chi connectivity index (χ2n) is 31.8. The second-order valence-corrected chi connectivity index (χ2v) is 36.7. The number of nitrogens with zero attached hydrogens (tertiary/aromatic N) is 15. The number of phenolic OH excluding ortho intramolecular Hbond substituents is 4. The van der Waals surface area contributed by atoms with Gasteiger partial charge in [0, 0.05) is 80.1 Å². The van der Waals surface area contributed by atoms with Gasteiger partial charge in [-0.1, -0.05) is 145 Å². The molecule has 0 aliphatic heterocycles. The number of aryl methyl sites for hydroxylation is 12. The van der Waals surface area contributed by atoms with Gasteiger partial charge in [0.25, 0.3) is 0 Å². The van der Waals surface area contributed by atoms with E-state index in [9.17, 15) is 20.4 Å². The minimum Gasteiger partial charge on any atom is -1.00 e. The van der Waals surface area contributed by atoms with E-state index >= 15 is 0 Å². The third-order valence-corrected chi connectivity index (χ3v) is 25.8. The van der Waals surface area contributed by atoms with Crippen molar-refractivity contribution in [1.82, 2.24) is 69.1 Å². The zero-order valence-electron chi connectivity index (χ0n) is 70.7. The van der Waals surface area contributed by atoms with Crippen molar-refractivity contribution in [1.29, 1.82) is 0 Å². The van der Waals surface area contributed by atoms with Crippen LogP contribution in [0.3, 0.4) is 0 Å². The first-order valence-corrected chi connectivity index (χ1v) is 45.4. The zero-order valence-corrected chi connectivity index (χ0v) is 81.6. The Morgan fingerprint density at radius 3 is 0.667 bits per heavy atom. The standard InChI is InChI=1S/2C37H35I2N7O2.C16H36N.CH2Cl2.ClH/c2*1-17(2)44-28-15-30(47)26(32-36(38)45(42-40-32)34-20(5)9-18(3)10-21(34)6)13-24(28)25-14-27(31(48)16-29(25)44)33-37(39)46(43-41-33)35-22(7)11-19(4)12-23(35)8;1-5-9-13-17(14-10-6-2,15-11-7-3)16-12-8-4;2-1-3;/h2*9-17,47-48H,1-8H3;5-16H2,1-4H3;1H2;1H/q;;+1;;/p-1. The van der Waals surface area contributed by atoms with Gasteiger partial charge in [0.1, 0.15) is 60.6 Å². The van der Waals surface area contributed by atoms with Crippen LogP contribution >= 0.6 is 114 Å². The number of halogens is 7. The first-order valence-electron chi connectivity index (χ1n) is 40.0. The summed E-state index contributed by atoms with van der Waals surface area (Å²) in [7, 11) is 0. The molecule has 4 N–H and O–H groups in total. The fourth-order valence-electron chi connectivity index (χ4n) is 17.1. The molecule has 0 atom stereocenters. The van der Waals surface area contributed by atoms with Crippen LogP contribution in [0.5, 0.6) is 23.0 Å². The number of hydrogen-bond acceptors (Lipinski definition) is 12. The van der Waals surface area contributed by atoms with Crippen molar-refractivity contribution in [3.63, 3.8) is 0 Å². The molecular weight excluding hydrogens is 1980 g/mol. The summed E-state index contributed by atoms with van der Waals surface area (Å²) in [5, 5.41) is 86.3. The van der Waals surface area contributed by atoms with Crippen LogP contribution in [0.4, 0.5) is 0 Å². The first kappa shape index (κ1) is 92.2. The molecule has 0 amide bonds. The van der Waals surface area contributed by atoms with Crippen LogP contribution in [-0.2, 0) is 0 Å². The normalized spacial score (nSPS) is 11.7. The van der Waals surface area contributed by atoms with E-state index in [1.807, 2.05) is 43.0 Å². The number of aromatic nitrogens is 14. The topological polar surface area (TPSA) is 214 Å². The number of benzene rings is 8. The molecule has 0 unspecified atom stereocenters. The van der Waals surface area contributed by atoms with Gasteiger partial charge in [-0.15, -0.1) is 43.6 Å². The van der Waals surface area contributed by atoms with Crippen LogP contribution in [0.25, 0.3) is 111 Å². The summed E-state index contributed by atoms with van der Waals surface area (Å²) in [6.45, 7) is 48.3. The predicted molar refractivity (Wildman–Crippen MR) is 511 cm³/mol. The van der Waals surface area contributed by atoms with Crippen LogP contribution in [0.1, 0.15) is 186 Å². The van der Waals surface area contributed by atoms with E-state index in [-0.39, 0.29) is 52.8 Å². The molecule has 0 radical (unpaired) electrons. The Morgan fingerprint density at radius 2 is 0.504 bits per heavy atom. The van der Waals surface area contributed by atoms with Crippen LogP contribution in [0.2, 0.25) is 0 Å². The zero-order chi connectivity index (χ0) is 84.4. The minimum absolute atomic E-state index is 0. The molecular formula is C91H108Cl3I4N15O4. The molecule has 0 fully saturated rings. The molecule has 117 heavy (non-hydrogen) atoms. The molecule has 6 aromatic heterocycles. The summed E-state index contributed by atoms with van der Waals surface area (Å²) < 4.78 is 16.3. The molecule has 8 aromatic carbocycles. The fourth-order valence-corrected chi connectivity index (χ4v) is 20.0. The molecule has 26 heteroatoms. The maximum Gasteiger partial charge on any atom is 0.133 e. The molecule has 19 nitrogen and oxygen atoms in total. The molecule has 14 aromatic rings. The summed E-state index contributed by atoms with van der Waals surface area (Å²) in [6, 6.07) is 32.3. The van der Waals surface area contributed by atoms with Gasteiger partial charge in [-0.25, -0.2) is 18.7 Å². The SMILES string of the molecule is CCCC[N+](CCCC)(CCCC)CCCC.Cc1cc(C)c(-n2nnc(-c3cc4c5cc(-c6nnn(-c7c(C)cc(C)cc7C)c6I)c(O)cc5n(C(C)C)c4cc3O)c2I)c(C)c1.Cc1cc(C)c(-n2nnc(-c3cc4c5cc(-c6nnn(-c7c(C)cc(C)cc7C)c6I)c(O)cc5n(C(C)C)c4cc3O)c2I)c(C)c1.ClCCl.[Cl-]. The maximum absolute atomic E-state index is 11.5. The quantitative estimate of drug-likeness (QED) is 0.0283. The molecule has 0 saturated carbocycles. The lowest BCUT2D eigenvalue weighted by atomic mass is 10.0. The van der Waals surface area contributed by atoms with Crippen molar-refractivity contribution in [2.75, 3.05) is 31.5 Å². The van der Waals surface area contributed by atoms with Gasteiger partial charge < -0.3 is 46.5 Å². The number of phenols is 4. The van der Waals surface area contributed by atoms with E-state index in [2.05, 4.69) is 328 Å². The highest BCUT2D eigenvalue weighted by Crippen LogP contribution is 2.48. The molecule has 6 heterocycles. The Hall–Kier alpha value is -7.13. The van der Waals surface area contributed by atoms with E-state index in [1.165, 1.54) is 104 Å². The van der Waals surface area contributed by atoms with Crippen molar-refractivity contribution in [2.45, 2.75) is 202 Å². The third-order valence-electron chi connectivity index (χ3n) is 21.9. The van der Waals surface area contributed by atoms with Gasteiger partial charge in [0.05, 0.1) is 76.3 Å². The van der Waals surface area contributed by atoms with E-state index < -0.39 is 0 Å². The largest absolute Gasteiger partial charge is 1.00 e. The molecule has 0 saturated heterocycles. The van der Waals surface area contributed by atoms with E-state index in [4.69, 9.17) is 23.2 Å². The highest BCUT2D eigenvalue weighted by Gasteiger charge is 2.30. The highest BCUT2D eigenvalue weighted by atomic mass is 127. The Labute approximate surface area is 758 Å². The molecule has 620 valence electrons. The number of alkyl halides is 2. The second kappa shape index (κ2) is 39.2. The Kier molecular flexibility index (Phi) is 30.8. The summed E-state index contributed by atoms with van der Waals surface area (Å²) in [5.41, 5.74) is 25.7. The number of fused-ring (bicyclic) bond motifs is 6. The van der Waals surface area contributed by atoms with Crippen LogP contribution in [-0.4, -0.2) is 126 Å². The lowest BCUT2D eigenvalue weighted by Gasteiger charge is -2.39. The smallest absolute Gasteiger partial charge is 0.133 e. The number of rotatable bonds is 22. The maximum atomic E-state index is 11.5. The first-order chi connectivity index (χ1) is 55.2. The van der Waals surface area contributed by atoms with E-state index in [1.54, 1.807) is 24.3 Å². The fraction of sp³-hybridized carbons (Fsp3) is 0.385.